The van der Waals surface area contributed by atoms with Crippen LogP contribution in [-0.2, 0) is 0 Å². The van der Waals surface area contributed by atoms with Crippen LogP contribution < -0.4 is 22.5 Å². The van der Waals surface area contributed by atoms with Crippen molar-refractivity contribution in [3.63, 3.8) is 0 Å². The molecule has 0 unspecified atom stereocenters. The van der Waals surface area contributed by atoms with Gasteiger partial charge in [0.05, 0.1) is 0 Å². The highest BCUT2D eigenvalue weighted by Crippen LogP contribution is 1.92. The molecule has 0 saturated heterocycles. The van der Waals surface area contributed by atoms with Gasteiger partial charge < -0.3 is 22.5 Å². The van der Waals surface area contributed by atoms with Crippen LogP contribution in [0, 0.1) is 0 Å². The molecule has 0 aliphatic carbocycles. The smallest absolute Gasteiger partial charge is 0.147 e. The molecule has 7 N–H and O–H groups in total. The lowest BCUT2D eigenvalue weighted by Gasteiger charge is -2.12. The minimum absolute atomic E-state index is 0.311. The van der Waals surface area contributed by atoms with E-state index < -0.39 is 0 Å². The van der Waals surface area contributed by atoms with Crippen molar-refractivity contribution in [2.45, 2.75) is 0 Å². The molecule has 50 valence electrons. The van der Waals surface area contributed by atoms with E-state index in [0.29, 0.717) is 24.0 Å². The number of hydrogen-bond acceptors (Lipinski definition) is 5. The quantitative estimate of drug-likeness (QED) is 0.302. The molecule has 0 radical (unpaired) electrons. The first-order valence-corrected chi connectivity index (χ1v) is 2.51. The van der Waals surface area contributed by atoms with Gasteiger partial charge in [-0.25, -0.2) is 4.99 Å². The van der Waals surface area contributed by atoms with E-state index in [0.717, 1.165) is 0 Å². The fourth-order valence-corrected chi connectivity index (χ4v) is 0.528. The van der Waals surface area contributed by atoms with Crippen LogP contribution in [0.5, 0.6) is 0 Å². The van der Waals surface area contributed by atoms with Gasteiger partial charge in [-0.1, -0.05) is 0 Å². The van der Waals surface area contributed by atoms with Gasteiger partial charge >= 0.3 is 0 Å². The summed E-state index contributed by atoms with van der Waals surface area (Å²) in [5, 5.41) is 2.73. The van der Waals surface area contributed by atoms with E-state index in [-0.39, 0.29) is 0 Å². The van der Waals surface area contributed by atoms with E-state index in [1.807, 2.05) is 0 Å². The second-order valence-electron chi connectivity index (χ2n) is 1.71. The standard InChI is InChI=1S/C4H9N5/c5-2-3(6)8-1-9-4(2)7/h8H,1,5-6H2,(H2,7,9). The molecule has 1 aliphatic rings. The van der Waals surface area contributed by atoms with Crippen LogP contribution in [0.15, 0.2) is 16.5 Å². The lowest BCUT2D eigenvalue weighted by molar-refractivity contribution is 0.785. The third-order valence-corrected chi connectivity index (χ3v) is 1.09. The molecule has 1 aliphatic heterocycles. The van der Waals surface area contributed by atoms with Crippen molar-refractivity contribution in [1.29, 1.82) is 0 Å². The van der Waals surface area contributed by atoms with Crippen molar-refractivity contribution >= 4 is 5.84 Å². The molecule has 1 rings (SSSR count). The van der Waals surface area contributed by atoms with Crippen molar-refractivity contribution < 1.29 is 0 Å². The van der Waals surface area contributed by atoms with E-state index in [9.17, 15) is 0 Å². The first-order chi connectivity index (χ1) is 4.22. The summed E-state index contributed by atoms with van der Waals surface area (Å²) in [5.74, 6) is 0.716. The van der Waals surface area contributed by atoms with E-state index in [1.54, 1.807) is 0 Å². The lowest BCUT2D eigenvalue weighted by atomic mass is 10.4. The maximum Gasteiger partial charge on any atom is 0.147 e. The summed E-state index contributed by atoms with van der Waals surface area (Å²) >= 11 is 0. The largest absolute Gasteiger partial charge is 0.393 e. The molecule has 0 spiro atoms. The molecular formula is C4H9N5. The Morgan fingerprint density at radius 1 is 1.33 bits per heavy atom. The fourth-order valence-electron chi connectivity index (χ4n) is 0.528. The Kier molecular flexibility index (Phi) is 1.18. The van der Waals surface area contributed by atoms with Crippen LogP contribution in [0.2, 0.25) is 0 Å². The van der Waals surface area contributed by atoms with Gasteiger partial charge in [-0.3, -0.25) is 0 Å². The van der Waals surface area contributed by atoms with Crippen molar-refractivity contribution in [1.82, 2.24) is 5.32 Å². The average molecular weight is 127 g/mol. The first-order valence-electron chi connectivity index (χ1n) is 2.51. The lowest BCUT2D eigenvalue weighted by Crippen LogP contribution is -2.36. The minimum Gasteiger partial charge on any atom is -0.393 e. The molecule has 0 saturated carbocycles. The summed E-state index contributed by atoms with van der Waals surface area (Å²) in [4.78, 5) is 3.78. The van der Waals surface area contributed by atoms with E-state index in [4.69, 9.17) is 17.2 Å². The summed E-state index contributed by atoms with van der Waals surface area (Å²) in [6, 6.07) is 0. The number of hydrogen-bond donors (Lipinski definition) is 4. The molecule has 5 nitrogen and oxygen atoms in total. The van der Waals surface area contributed by atoms with Gasteiger partial charge in [0, 0.05) is 0 Å². The minimum atomic E-state index is 0.311. The first kappa shape index (κ1) is 5.74. The molecule has 0 fully saturated rings. The number of nitrogens with two attached hydrogens (primary N) is 3. The molecule has 0 aromatic carbocycles. The molecule has 0 bridgehead atoms. The SMILES string of the molecule is NC1=NCNC(N)=C1N. The second-order valence-corrected chi connectivity index (χ2v) is 1.71. The molecule has 1 heterocycles. The Morgan fingerprint density at radius 2 is 2.00 bits per heavy atom. The number of nitrogens with zero attached hydrogens (tertiary/aromatic N) is 1. The zero-order valence-corrected chi connectivity index (χ0v) is 4.89. The Bertz CT molecular complexity index is 179. The monoisotopic (exact) mass is 127 g/mol. The fraction of sp³-hybridized carbons (Fsp3) is 0.250. The van der Waals surface area contributed by atoms with Crippen molar-refractivity contribution in [2.75, 3.05) is 6.67 Å². The van der Waals surface area contributed by atoms with Crippen LogP contribution in [0.25, 0.3) is 0 Å². The van der Waals surface area contributed by atoms with Crippen LogP contribution in [-0.4, -0.2) is 12.5 Å². The summed E-state index contributed by atoms with van der Waals surface area (Å²) in [5.41, 5.74) is 16.4. The topological polar surface area (TPSA) is 102 Å². The van der Waals surface area contributed by atoms with Gasteiger partial charge in [0.1, 0.15) is 24.0 Å². The zero-order valence-electron chi connectivity index (χ0n) is 4.89. The predicted octanol–water partition coefficient (Wildman–Crippen LogP) is -2.01. The predicted molar refractivity (Wildman–Crippen MR) is 35.0 cm³/mol. The van der Waals surface area contributed by atoms with Crippen LogP contribution in [0.1, 0.15) is 0 Å². The molecular weight excluding hydrogens is 118 g/mol. The third-order valence-electron chi connectivity index (χ3n) is 1.09. The summed E-state index contributed by atoms with van der Waals surface area (Å²) < 4.78 is 0. The second kappa shape index (κ2) is 1.85. The van der Waals surface area contributed by atoms with Gasteiger partial charge in [-0.05, 0) is 0 Å². The van der Waals surface area contributed by atoms with Crippen molar-refractivity contribution in [3.8, 4) is 0 Å². The van der Waals surface area contributed by atoms with Crippen molar-refractivity contribution in [2.24, 2.45) is 22.2 Å². The number of nitrogens with one attached hydrogen (secondary N) is 1. The zero-order chi connectivity index (χ0) is 6.85. The van der Waals surface area contributed by atoms with Gasteiger partial charge in [0.2, 0.25) is 0 Å². The molecule has 0 amide bonds. The number of aliphatic imine (C=N–C) groups is 1. The molecule has 9 heavy (non-hydrogen) atoms. The maximum absolute atomic E-state index is 5.36. The Hall–Kier alpha value is -1.39. The van der Waals surface area contributed by atoms with E-state index in [2.05, 4.69) is 10.3 Å². The third kappa shape index (κ3) is 0.883. The van der Waals surface area contributed by atoms with Crippen molar-refractivity contribution in [3.05, 3.63) is 11.5 Å². The molecule has 5 heteroatoms. The van der Waals surface area contributed by atoms with Crippen LogP contribution in [0.4, 0.5) is 0 Å². The van der Waals surface area contributed by atoms with Gasteiger partial charge in [-0.15, -0.1) is 0 Å². The van der Waals surface area contributed by atoms with Gasteiger partial charge in [0.15, 0.2) is 0 Å². The Labute approximate surface area is 52.6 Å². The molecule has 0 aromatic heterocycles. The number of rotatable bonds is 0. The van der Waals surface area contributed by atoms with E-state index in [1.165, 1.54) is 0 Å². The highest BCUT2D eigenvalue weighted by molar-refractivity contribution is 5.97. The summed E-state index contributed by atoms with van der Waals surface area (Å²) in [6.07, 6.45) is 0. The highest BCUT2D eigenvalue weighted by Gasteiger charge is 2.06. The number of amidine groups is 1. The highest BCUT2D eigenvalue weighted by atomic mass is 15.1. The Morgan fingerprint density at radius 3 is 2.44 bits per heavy atom. The van der Waals surface area contributed by atoms with Crippen LogP contribution in [0.3, 0.4) is 0 Å². The van der Waals surface area contributed by atoms with Gasteiger partial charge in [0.25, 0.3) is 0 Å². The average Bonchev–Trinajstić information content (AvgIpc) is 1.83. The van der Waals surface area contributed by atoms with E-state index >= 15 is 0 Å². The summed E-state index contributed by atoms with van der Waals surface area (Å²) in [6.45, 7) is 0.415. The summed E-state index contributed by atoms with van der Waals surface area (Å²) in [7, 11) is 0. The molecule has 0 atom stereocenters. The Balaban J connectivity index is 2.88. The van der Waals surface area contributed by atoms with Crippen LogP contribution >= 0.6 is 0 Å². The van der Waals surface area contributed by atoms with Gasteiger partial charge in [-0.2, -0.15) is 0 Å². The maximum atomic E-state index is 5.36. The molecule has 0 aromatic rings. The normalized spacial score (nSPS) is 18.9.